The number of pyridine rings is 1. The number of aromatic nitrogens is 1. The lowest BCUT2D eigenvalue weighted by atomic mass is 10.1. The number of fused-ring (bicyclic) bond motifs is 1. The average molecular weight is 280 g/mol. The van der Waals surface area contributed by atoms with E-state index in [2.05, 4.69) is 16.4 Å². The van der Waals surface area contributed by atoms with Crippen molar-refractivity contribution in [3.63, 3.8) is 0 Å². The molecule has 0 unspecified atom stereocenters. The second-order valence-electron chi connectivity index (χ2n) is 4.34. The lowest BCUT2D eigenvalue weighted by Crippen LogP contribution is -1.94. The van der Waals surface area contributed by atoms with Gasteiger partial charge < -0.3 is 5.32 Å². The minimum absolute atomic E-state index is 0.505. The molecule has 1 aromatic heterocycles. The van der Waals surface area contributed by atoms with Crippen LogP contribution in [0.25, 0.3) is 10.9 Å². The van der Waals surface area contributed by atoms with Crippen molar-refractivity contribution in [2.45, 2.75) is 0 Å². The van der Waals surface area contributed by atoms with E-state index in [4.69, 9.17) is 16.9 Å². The van der Waals surface area contributed by atoms with Gasteiger partial charge in [-0.1, -0.05) is 29.8 Å². The van der Waals surface area contributed by atoms with E-state index in [0.717, 1.165) is 16.6 Å². The highest BCUT2D eigenvalue weighted by atomic mass is 35.5. The number of benzene rings is 2. The Hall–Kier alpha value is -2.57. The smallest absolute Gasteiger partial charge is 0.101 e. The van der Waals surface area contributed by atoms with E-state index < -0.39 is 0 Å². The van der Waals surface area contributed by atoms with E-state index in [1.165, 1.54) is 0 Å². The monoisotopic (exact) mass is 279 g/mol. The zero-order valence-electron chi connectivity index (χ0n) is 10.5. The summed E-state index contributed by atoms with van der Waals surface area (Å²) in [5.74, 6) is 0. The van der Waals surface area contributed by atoms with Crippen LogP contribution in [0.4, 0.5) is 11.4 Å². The summed E-state index contributed by atoms with van der Waals surface area (Å²) in [6, 6.07) is 17.2. The zero-order chi connectivity index (χ0) is 13.9. The minimum Gasteiger partial charge on any atom is -0.353 e. The predicted octanol–water partition coefficient (Wildman–Crippen LogP) is 4.50. The van der Waals surface area contributed by atoms with Crippen LogP contribution in [-0.2, 0) is 0 Å². The van der Waals surface area contributed by atoms with Crippen molar-refractivity contribution < 1.29 is 0 Å². The second-order valence-corrected chi connectivity index (χ2v) is 4.78. The Morgan fingerprint density at radius 2 is 1.95 bits per heavy atom. The number of para-hydroxylation sites is 1. The first-order valence-corrected chi connectivity index (χ1v) is 6.45. The first-order chi connectivity index (χ1) is 9.76. The van der Waals surface area contributed by atoms with Crippen molar-refractivity contribution in [3.05, 3.63) is 65.3 Å². The maximum atomic E-state index is 9.13. The van der Waals surface area contributed by atoms with Gasteiger partial charge in [0.1, 0.15) is 6.07 Å². The fourth-order valence-corrected chi connectivity index (χ4v) is 2.18. The van der Waals surface area contributed by atoms with Crippen molar-refractivity contribution in [3.8, 4) is 6.07 Å². The summed E-state index contributed by atoms with van der Waals surface area (Å²) in [5, 5.41) is 13.9. The van der Waals surface area contributed by atoms with Gasteiger partial charge in [-0.3, -0.25) is 4.98 Å². The van der Waals surface area contributed by atoms with Gasteiger partial charge in [0.05, 0.1) is 28.7 Å². The number of nitriles is 1. The van der Waals surface area contributed by atoms with Gasteiger partial charge in [0.15, 0.2) is 0 Å². The molecule has 3 nitrogen and oxygen atoms in total. The van der Waals surface area contributed by atoms with Crippen molar-refractivity contribution >= 4 is 33.9 Å². The Kier molecular flexibility index (Phi) is 3.24. The first kappa shape index (κ1) is 12.5. The third-order valence-corrected chi connectivity index (χ3v) is 3.21. The summed E-state index contributed by atoms with van der Waals surface area (Å²) in [7, 11) is 0. The first-order valence-electron chi connectivity index (χ1n) is 6.08. The molecule has 0 bridgehead atoms. The Morgan fingerprint density at radius 3 is 2.80 bits per heavy atom. The van der Waals surface area contributed by atoms with Crippen LogP contribution in [0.5, 0.6) is 0 Å². The van der Waals surface area contributed by atoms with Crippen LogP contribution in [0.3, 0.4) is 0 Å². The fourth-order valence-electron chi connectivity index (χ4n) is 2.01. The van der Waals surface area contributed by atoms with Crippen molar-refractivity contribution in [2.24, 2.45) is 0 Å². The molecule has 20 heavy (non-hydrogen) atoms. The van der Waals surface area contributed by atoms with Crippen LogP contribution < -0.4 is 5.32 Å². The molecule has 0 aliphatic carbocycles. The number of halogens is 1. The van der Waals surface area contributed by atoms with E-state index in [0.29, 0.717) is 16.3 Å². The molecular formula is C16H10ClN3. The van der Waals surface area contributed by atoms with Crippen LogP contribution >= 0.6 is 11.6 Å². The number of nitrogens with zero attached hydrogens (tertiary/aromatic N) is 2. The van der Waals surface area contributed by atoms with Gasteiger partial charge >= 0.3 is 0 Å². The lowest BCUT2D eigenvalue weighted by Gasteiger charge is -2.09. The van der Waals surface area contributed by atoms with E-state index in [1.807, 2.05) is 30.3 Å². The molecular weight excluding hydrogens is 270 g/mol. The zero-order valence-corrected chi connectivity index (χ0v) is 11.2. The van der Waals surface area contributed by atoms with Gasteiger partial charge in [-0.15, -0.1) is 0 Å². The largest absolute Gasteiger partial charge is 0.353 e. The molecule has 0 amide bonds. The Bertz CT molecular complexity index is 821. The predicted molar refractivity (Wildman–Crippen MR) is 81.2 cm³/mol. The molecule has 0 spiro atoms. The molecule has 1 N–H and O–H groups in total. The summed E-state index contributed by atoms with van der Waals surface area (Å²) in [4.78, 5) is 4.38. The number of rotatable bonds is 2. The highest BCUT2D eigenvalue weighted by Gasteiger charge is 2.04. The Labute approximate surface area is 121 Å². The molecule has 0 atom stereocenters. The van der Waals surface area contributed by atoms with E-state index in [-0.39, 0.29) is 0 Å². The SMILES string of the molecule is N#Cc1cc(Cl)ccc1Nc1cnc2ccccc2c1. The third-order valence-electron chi connectivity index (χ3n) is 2.97. The Balaban J connectivity index is 1.99. The summed E-state index contributed by atoms with van der Waals surface area (Å²) >= 11 is 5.89. The lowest BCUT2D eigenvalue weighted by molar-refractivity contribution is 1.39. The summed E-state index contributed by atoms with van der Waals surface area (Å²) < 4.78 is 0. The van der Waals surface area contributed by atoms with Crippen LogP contribution in [0.1, 0.15) is 5.56 Å². The number of anilines is 2. The molecule has 0 radical (unpaired) electrons. The normalized spacial score (nSPS) is 10.2. The van der Waals surface area contributed by atoms with E-state index >= 15 is 0 Å². The van der Waals surface area contributed by atoms with Crippen LogP contribution in [0.15, 0.2) is 54.7 Å². The maximum Gasteiger partial charge on any atom is 0.101 e. The molecule has 0 aliphatic rings. The molecule has 3 aromatic rings. The van der Waals surface area contributed by atoms with E-state index in [9.17, 15) is 0 Å². The highest BCUT2D eigenvalue weighted by Crippen LogP contribution is 2.25. The van der Waals surface area contributed by atoms with Gasteiger partial charge in [0.2, 0.25) is 0 Å². The van der Waals surface area contributed by atoms with Crippen molar-refractivity contribution in [1.82, 2.24) is 4.98 Å². The average Bonchev–Trinajstić information content (AvgIpc) is 2.49. The van der Waals surface area contributed by atoms with Crippen molar-refractivity contribution in [1.29, 1.82) is 5.26 Å². The highest BCUT2D eigenvalue weighted by molar-refractivity contribution is 6.30. The van der Waals surface area contributed by atoms with Crippen LogP contribution in [0.2, 0.25) is 5.02 Å². The van der Waals surface area contributed by atoms with Crippen LogP contribution in [0, 0.1) is 11.3 Å². The van der Waals surface area contributed by atoms with Gasteiger partial charge in [0, 0.05) is 10.4 Å². The maximum absolute atomic E-state index is 9.13. The van der Waals surface area contributed by atoms with Gasteiger partial charge in [-0.05, 0) is 30.3 Å². The summed E-state index contributed by atoms with van der Waals surface area (Å²) in [6.45, 7) is 0. The van der Waals surface area contributed by atoms with E-state index in [1.54, 1.807) is 24.4 Å². The molecule has 0 fully saturated rings. The number of hydrogen-bond donors (Lipinski definition) is 1. The minimum atomic E-state index is 0.505. The molecule has 2 aromatic carbocycles. The van der Waals surface area contributed by atoms with Gasteiger partial charge in [0.25, 0.3) is 0 Å². The molecule has 3 rings (SSSR count). The summed E-state index contributed by atoms with van der Waals surface area (Å²) in [6.07, 6.45) is 1.75. The molecule has 0 saturated carbocycles. The fraction of sp³-hybridized carbons (Fsp3) is 0. The molecule has 0 saturated heterocycles. The summed E-state index contributed by atoms with van der Waals surface area (Å²) in [5.41, 5.74) is 3.00. The van der Waals surface area contributed by atoms with Crippen LogP contribution in [-0.4, -0.2) is 4.98 Å². The standard InChI is InChI=1S/C16H10ClN3/c17-13-5-6-16(12(7-13)9-18)20-14-8-11-3-1-2-4-15(11)19-10-14/h1-8,10,20H. The number of nitrogens with one attached hydrogen (secondary N) is 1. The van der Waals surface area contributed by atoms with Crippen molar-refractivity contribution in [2.75, 3.05) is 5.32 Å². The second kappa shape index (κ2) is 5.20. The van der Waals surface area contributed by atoms with Gasteiger partial charge in [-0.25, -0.2) is 0 Å². The topological polar surface area (TPSA) is 48.7 Å². The molecule has 4 heteroatoms. The quantitative estimate of drug-likeness (QED) is 0.751. The molecule has 0 aliphatic heterocycles. The third kappa shape index (κ3) is 2.42. The Morgan fingerprint density at radius 1 is 1.10 bits per heavy atom. The number of hydrogen-bond acceptors (Lipinski definition) is 3. The van der Waals surface area contributed by atoms with Gasteiger partial charge in [-0.2, -0.15) is 5.26 Å². The molecule has 96 valence electrons. The molecule has 1 heterocycles.